The van der Waals surface area contributed by atoms with E-state index in [2.05, 4.69) is 4.98 Å². The molecule has 9 heteroatoms. The van der Waals surface area contributed by atoms with Gasteiger partial charge in [-0.25, -0.2) is 0 Å². The first kappa shape index (κ1) is 23.0. The number of rotatable bonds is 5. The number of aromatic nitrogens is 1. The molecule has 0 spiro atoms. The Bertz CT molecular complexity index is 1250. The minimum absolute atomic E-state index is 0.0177. The first-order valence-corrected chi connectivity index (χ1v) is 10.5. The molecule has 2 heterocycles. The number of halogens is 5. The van der Waals surface area contributed by atoms with Gasteiger partial charge >= 0.3 is 6.18 Å². The highest BCUT2D eigenvalue weighted by atomic mass is 35.5. The molecule has 3 aromatic rings. The van der Waals surface area contributed by atoms with E-state index in [9.17, 15) is 22.8 Å². The van der Waals surface area contributed by atoms with Gasteiger partial charge in [0.05, 0.1) is 17.8 Å². The zero-order chi connectivity index (χ0) is 23.8. The molecule has 0 atom stereocenters. The number of carbonyl (C=O) groups is 2. The number of nitrogens with zero attached hydrogens (tertiary/aromatic N) is 2. The van der Waals surface area contributed by atoms with Crippen molar-refractivity contribution in [3.63, 3.8) is 0 Å². The molecule has 0 saturated carbocycles. The number of hydrogen-bond donors (Lipinski definition) is 0. The molecular weight excluding hydrogens is 476 g/mol. The molecule has 1 aliphatic rings. The van der Waals surface area contributed by atoms with Crippen LogP contribution < -0.4 is 0 Å². The molecular formula is C24H15Cl2F3N2O2. The van der Waals surface area contributed by atoms with Gasteiger partial charge in [-0.2, -0.15) is 13.2 Å². The molecule has 0 bridgehead atoms. The van der Waals surface area contributed by atoms with Crippen LogP contribution in [0.3, 0.4) is 0 Å². The lowest BCUT2D eigenvalue weighted by molar-refractivity contribution is -0.0689. The number of amides is 1. The zero-order valence-electron chi connectivity index (χ0n) is 16.9. The molecule has 0 radical (unpaired) electrons. The molecule has 168 valence electrons. The molecule has 4 nitrogen and oxygen atoms in total. The van der Waals surface area contributed by atoms with Crippen LogP contribution in [0.25, 0.3) is 5.57 Å². The normalized spacial score (nSPS) is 13.9. The van der Waals surface area contributed by atoms with Gasteiger partial charge in [-0.3, -0.25) is 14.6 Å². The van der Waals surface area contributed by atoms with E-state index in [4.69, 9.17) is 23.2 Å². The van der Waals surface area contributed by atoms with Gasteiger partial charge in [-0.1, -0.05) is 35.3 Å². The third kappa shape index (κ3) is 5.10. The molecule has 4 rings (SSSR count). The summed E-state index contributed by atoms with van der Waals surface area (Å²) in [4.78, 5) is 31.2. The Hall–Kier alpha value is -3.16. The summed E-state index contributed by atoms with van der Waals surface area (Å²) in [5.41, 5.74) is 0.235. The monoisotopic (exact) mass is 490 g/mol. The Labute approximate surface area is 197 Å². The summed E-state index contributed by atoms with van der Waals surface area (Å²) in [5, 5.41) is 0.0354. The van der Waals surface area contributed by atoms with Crippen molar-refractivity contribution in [2.75, 3.05) is 0 Å². The fraction of sp³-hybridized carbons (Fsp3) is 0.125. The van der Waals surface area contributed by atoms with Crippen LogP contribution in [0.2, 0.25) is 10.0 Å². The van der Waals surface area contributed by atoms with Crippen LogP contribution in [0.4, 0.5) is 13.2 Å². The highest BCUT2D eigenvalue weighted by Gasteiger charge is 2.36. The predicted octanol–water partition coefficient (Wildman–Crippen LogP) is 6.37. The Morgan fingerprint density at radius 3 is 2.39 bits per heavy atom. The van der Waals surface area contributed by atoms with Crippen LogP contribution >= 0.6 is 23.2 Å². The van der Waals surface area contributed by atoms with Crippen molar-refractivity contribution in [2.45, 2.75) is 19.3 Å². The summed E-state index contributed by atoms with van der Waals surface area (Å²) >= 11 is 11.7. The topological polar surface area (TPSA) is 50.3 Å². The highest BCUT2D eigenvalue weighted by molar-refractivity contribution is 6.35. The summed E-state index contributed by atoms with van der Waals surface area (Å²) in [5.74, 6) is -1.08. The van der Waals surface area contributed by atoms with E-state index in [1.165, 1.54) is 24.3 Å². The Morgan fingerprint density at radius 2 is 1.76 bits per heavy atom. The second-order valence-corrected chi connectivity index (χ2v) is 8.31. The second kappa shape index (κ2) is 9.00. The molecule has 33 heavy (non-hydrogen) atoms. The second-order valence-electron chi connectivity index (χ2n) is 7.43. The fourth-order valence-corrected chi connectivity index (χ4v) is 4.13. The van der Waals surface area contributed by atoms with E-state index < -0.39 is 17.5 Å². The van der Waals surface area contributed by atoms with Crippen molar-refractivity contribution in [1.29, 1.82) is 0 Å². The van der Waals surface area contributed by atoms with Crippen LogP contribution in [-0.2, 0) is 13.1 Å². The Kier molecular flexibility index (Phi) is 6.28. The van der Waals surface area contributed by atoms with E-state index >= 15 is 0 Å². The maximum absolute atomic E-state index is 13.7. The number of allylic oxidation sites excluding steroid dienone is 2. The number of fused-ring (bicyclic) bond motifs is 1. The lowest BCUT2D eigenvalue weighted by Crippen LogP contribution is -2.23. The third-order valence-corrected chi connectivity index (χ3v) is 5.54. The molecule has 0 saturated heterocycles. The van der Waals surface area contributed by atoms with Gasteiger partial charge < -0.3 is 4.90 Å². The van der Waals surface area contributed by atoms with Crippen molar-refractivity contribution < 1.29 is 22.8 Å². The first-order valence-electron chi connectivity index (χ1n) is 9.73. The summed E-state index contributed by atoms with van der Waals surface area (Å²) in [6, 6.07) is 13.1. The lowest BCUT2D eigenvalue weighted by atomic mass is 9.99. The Balaban J connectivity index is 1.62. The third-order valence-electron chi connectivity index (χ3n) is 5.10. The van der Waals surface area contributed by atoms with E-state index in [0.717, 1.165) is 12.1 Å². The van der Waals surface area contributed by atoms with Gasteiger partial charge in [0, 0.05) is 33.9 Å². The van der Waals surface area contributed by atoms with Gasteiger partial charge in [0.15, 0.2) is 5.78 Å². The summed E-state index contributed by atoms with van der Waals surface area (Å²) < 4.78 is 41.1. The van der Waals surface area contributed by atoms with E-state index in [-0.39, 0.29) is 40.2 Å². The van der Waals surface area contributed by atoms with Gasteiger partial charge in [-0.05, 0) is 59.7 Å². The fourth-order valence-electron chi connectivity index (χ4n) is 3.60. The van der Waals surface area contributed by atoms with Crippen LogP contribution in [-0.4, -0.2) is 27.8 Å². The molecule has 1 aromatic heterocycles. The number of benzene rings is 2. The average molecular weight is 491 g/mol. The minimum Gasteiger partial charge on any atom is -0.328 e. The number of ketones is 1. The van der Waals surface area contributed by atoms with Crippen LogP contribution in [0, 0.1) is 0 Å². The summed E-state index contributed by atoms with van der Waals surface area (Å²) in [7, 11) is 0. The quantitative estimate of drug-likeness (QED) is 0.308. The first-order chi connectivity index (χ1) is 15.6. The highest BCUT2D eigenvalue weighted by Crippen LogP contribution is 2.36. The molecule has 1 amide bonds. The molecule has 0 fully saturated rings. The standard InChI is InChI=1S/C24H15Cl2F3N2O2/c25-17-8-15(9-18(26)10-17)21(24(27,28)29)11-22(32)14-4-5-20-16(7-14)12-31(23(20)33)13-19-3-1-2-6-30-19/h1-11H,12-13H2/b21-11-. The number of alkyl halides is 3. The van der Waals surface area contributed by atoms with Crippen LogP contribution in [0.5, 0.6) is 0 Å². The van der Waals surface area contributed by atoms with Crippen LogP contribution in [0.1, 0.15) is 37.5 Å². The largest absolute Gasteiger partial charge is 0.417 e. The number of hydrogen-bond acceptors (Lipinski definition) is 3. The van der Waals surface area contributed by atoms with Gasteiger partial charge in [0.1, 0.15) is 0 Å². The molecule has 1 aliphatic heterocycles. The number of carbonyl (C=O) groups excluding carboxylic acids is 2. The van der Waals surface area contributed by atoms with Gasteiger partial charge in [-0.15, -0.1) is 0 Å². The summed E-state index contributed by atoms with van der Waals surface area (Å²) in [6.45, 7) is 0.511. The minimum atomic E-state index is -4.81. The molecule has 0 N–H and O–H groups in total. The van der Waals surface area contributed by atoms with Crippen molar-refractivity contribution in [3.8, 4) is 0 Å². The van der Waals surface area contributed by atoms with E-state index in [1.54, 1.807) is 23.2 Å². The van der Waals surface area contributed by atoms with E-state index in [1.807, 2.05) is 6.07 Å². The lowest BCUT2D eigenvalue weighted by Gasteiger charge is -2.14. The van der Waals surface area contributed by atoms with Crippen molar-refractivity contribution in [2.24, 2.45) is 0 Å². The van der Waals surface area contributed by atoms with E-state index in [0.29, 0.717) is 22.9 Å². The maximum atomic E-state index is 13.7. The van der Waals surface area contributed by atoms with Crippen molar-refractivity contribution in [3.05, 3.63) is 105 Å². The van der Waals surface area contributed by atoms with Crippen molar-refractivity contribution in [1.82, 2.24) is 9.88 Å². The smallest absolute Gasteiger partial charge is 0.328 e. The summed E-state index contributed by atoms with van der Waals surface area (Å²) in [6.07, 6.45) is -2.67. The molecule has 0 unspecified atom stereocenters. The zero-order valence-corrected chi connectivity index (χ0v) is 18.4. The van der Waals surface area contributed by atoms with Crippen LogP contribution in [0.15, 0.2) is 66.9 Å². The Morgan fingerprint density at radius 1 is 1.03 bits per heavy atom. The predicted molar refractivity (Wildman–Crippen MR) is 119 cm³/mol. The molecule has 0 aliphatic carbocycles. The van der Waals surface area contributed by atoms with Crippen molar-refractivity contribution >= 4 is 40.5 Å². The molecule has 2 aromatic carbocycles. The number of pyridine rings is 1. The average Bonchev–Trinajstić information content (AvgIpc) is 3.05. The van der Waals surface area contributed by atoms with Gasteiger partial charge in [0.25, 0.3) is 5.91 Å². The van der Waals surface area contributed by atoms with Gasteiger partial charge in [0.2, 0.25) is 0 Å². The maximum Gasteiger partial charge on any atom is 0.417 e. The SMILES string of the molecule is O=C(/C=C(/c1cc(Cl)cc(Cl)c1)C(F)(F)F)c1ccc2c(c1)CN(Cc1ccccn1)C2=O.